The first kappa shape index (κ1) is 18.7. The van der Waals surface area contributed by atoms with E-state index in [1.54, 1.807) is 4.57 Å². The van der Waals surface area contributed by atoms with Gasteiger partial charge in [0.15, 0.2) is 6.61 Å². The largest absolute Gasteiger partial charge is 0.484 e. The Hall–Kier alpha value is -2.60. The van der Waals surface area contributed by atoms with Crippen molar-refractivity contribution in [3.8, 4) is 5.75 Å². The summed E-state index contributed by atoms with van der Waals surface area (Å²) >= 11 is 1.20. The molecular weight excluding hydrogens is 372 g/mol. The number of fused-ring (bicyclic) bond motifs is 2. The lowest BCUT2D eigenvalue weighted by Gasteiger charge is -2.16. The van der Waals surface area contributed by atoms with E-state index in [1.165, 1.54) is 35.3 Å². The van der Waals surface area contributed by atoms with Crippen LogP contribution in [0.1, 0.15) is 43.9 Å². The second kappa shape index (κ2) is 7.80. The zero-order valence-electron chi connectivity index (χ0n) is 16.2. The first-order valence-electron chi connectivity index (χ1n) is 9.71. The Kier molecular flexibility index (Phi) is 5.22. The molecule has 0 atom stereocenters. The van der Waals surface area contributed by atoms with E-state index < -0.39 is 0 Å². The third kappa shape index (κ3) is 3.83. The van der Waals surface area contributed by atoms with Gasteiger partial charge in [-0.05, 0) is 81.0 Å². The third-order valence-corrected chi connectivity index (χ3v) is 6.02. The van der Waals surface area contributed by atoms with Crippen LogP contribution in [0.2, 0.25) is 0 Å². The van der Waals surface area contributed by atoms with Gasteiger partial charge in [0, 0.05) is 11.7 Å². The molecule has 1 amide bonds. The third-order valence-electron chi connectivity index (χ3n) is 5.10. The molecular formula is C22H24N2O3S. The molecule has 28 heavy (non-hydrogen) atoms. The van der Waals surface area contributed by atoms with Gasteiger partial charge >= 0.3 is 4.87 Å². The zero-order valence-corrected chi connectivity index (χ0v) is 17.0. The molecule has 1 heterocycles. The van der Waals surface area contributed by atoms with Crippen molar-refractivity contribution < 1.29 is 9.53 Å². The van der Waals surface area contributed by atoms with Crippen LogP contribution < -0.4 is 14.9 Å². The molecule has 146 valence electrons. The fraction of sp³-hybridized carbons (Fsp3) is 0.364. The second-order valence-corrected chi connectivity index (χ2v) is 8.48. The fourth-order valence-corrected chi connectivity index (χ4v) is 4.80. The number of amides is 1. The molecule has 0 saturated carbocycles. The van der Waals surface area contributed by atoms with Gasteiger partial charge in [0.05, 0.1) is 10.2 Å². The first-order chi connectivity index (χ1) is 13.5. The van der Waals surface area contributed by atoms with Crippen LogP contribution in [-0.4, -0.2) is 17.1 Å². The van der Waals surface area contributed by atoms with E-state index in [1.807, 2.05) is 38.1 Å². The average molecular weight is 397 g/mol. The minimum Gasteiger partial charge on any atom is -0.484 e. The number of hydrogen-bond acceptors (Lipinski definition) is 4. The summed E-state index contributed by atoms with van der Waals surface area (Å²) in [5.41, 5.74) is 4.29. The summed E-state index contributed by atoms with van der Waals surface area (Å²) in [4.78, 5) is 24.5. The van der Waals surface area contributed by atoms with Gasteiger partial charge in [-0.15, -0.1) is 0 Å². The maximum atomic E-state index is 12.3. The van der Waals surface area contributed by atoms with Crippen molar-refractivity contribution in [2.24, 2.45) is 0 Å². The van der Waals surface area contributed by atoms with Gasteiger partial charge in [-0.25, -0.2) is 0 Å². The van der Waals surface area contributed by atoms with Gasteiger partial charge in [-0.2, -0.15) is 0 Å². The number of hydrogen-bond donors (Lipinski definition) is 1. The van der Waals surface area contributed by atoms with E-state index in [-0.39, 0.29) is 23.4 Å². The Labute approximate surface area is 168 Å². The summed E-state index contributed by atoms with van der Waals surface area (Å²) in [7, 11) is 0. The number of rotatable bonds is 5. The Balaban J connectivity index is 1.42. The van der Waals surface area contributed by atoms with Crippen molar-refractivity contribution in [1.29, 1.82) is 0 Å². The summed E-state index contributed by atoms with van der Waals surface area (Å²) < 4.78 is 8.32. The minimum absolute atomic E-state index is 0.0178. The Morgan fingerprint density at radius 2 is 1.93 bits per heavy atom. The molecule has 2 aromatic carbocycles. The SMILES string of the molecule is CC(C)n1c(=O)sc2cc(NC(=O)COc3ccc4c(c3)CCCC4)ccc21. The molecule has 0 aliphatic heterocycles. The Morgan fingerprint density at radius 1 is 1.14 bits per heavy atom. The number of aryl methyl sites for hydroxylation is 2. The lowest BCUT2D eigenvalue weighted by atomic mass is 9.92. The molecule has 4 rings (SSSR count). The van der Waals surface area contributed by atoms with Gasteiger partial charge < -0.3 is 10.1 Å². The van der Waals surface area contributed by atoms with Crippen molar-refractivity contribution in [2.75, 3.05) is 11.9 Å². The highest BCUT2D eigenvalue weighted by atomic mass is 32.1. The molecule has 0 spiro atoms. The first-order valence-corrected chi connectivity index (χ1v) is 10.5. The van der Waals surface area contributed by atoms with Crippen LogP contribution in [0.5, 0.6) is 5.75 Å². The number of aromatic nitrogens is 1. The van der Waals surface area contributed by atoms with E-state index >= 15 is 0 Å². The lowest BCUT2D eigenvalue weighted by molar-refractivity contribution is -0.118. The number of nitrogens with one attached hydrogen (secondary N) is 1. The number of benzene rings is 2. The van der Waals surface area contributed by atoms with Gasteiger partial charge in [-0.1, -0.05) is 17.4 Å². The van der Waals surface area contributed by atoms with Gasteiger partial charge in [0.1, 0.15) is 5.75 Å². The van der Waals surface area contributed by atoms with Gasteiger partial charge in [0.2, 0.25) is 0 Å². The van der Waals surface area contributed by atoms with E-state index in [4.69, 9.17) is 4.74 Å². The fourth-order valence-electron chi connectivity index (χ4n) is 3.75. The molecule has 0 radical (unpaired) electrons. The predicted molar refractivity (Wildman–Crippen MR) is 114 cm³/mol. The summed E-state index contributed by atoms with van der Waals surface area (Å²) in [6, 6.07) is 11.8. The van der Waals surface area contributed by atoms with Crippen LogP contribution in [0.25, 0.3) is 10.2 Å². The number of ether oxygens (including phenoxy) is 1. The molecule has 1 N–H and O–H groups in total. The standard InChI is InChI=1S/C22H24N2O3S/c1-14(2)24-19-10-8-17(12-20(19)28-22(24)26)23-21(25)13-27-18-9-7-15-5-3-4-6-16(15)11-18/h7-12,14H,3-6,13H2,1-2H3,(H,23,25). The van der Waals surface area contributed by atoms with E-state index in [9.17, 15) is 9.59 Å². The van der Waals surface area contributed by atoms with Crippen LogP contribution >= 0.6 is 11.3 Å². The van der Waals surface area contributed by atoms with Crippen molar-refractivity contribution in [2.45, 2.75) is 45.6 Å². The Morgan fingerprint density at radius 3 is 2.71 bits per heavy atom. The molecule has 0 bridgehead atoms. The topological polar surface area (TPSA) is 60.3 Å². The number of carbonyl (C=O) groups excluding carboxylic acids is 1. The molecule has 0 fully saturated rings. The van der Waals surface area contributed by atoms with Crippen LogP contribution in [0.3, 0.4) is 0 Å². The predicted octanol–water partition coefficient (Wildman–Crippen LogP) is 4.54. The highest BCUT2D eigenvalue weighted by Crippen LogP contribution is 2.26. The smallest absolute Gasteiger partial charge is 0.308 e. The van der Waals surface area contributed by atoms with Crippen LogP contribution in [-0.2, 0) is 17.6 Å². The highest BCUT2D eigenvalue weighted by Gasteiger charge is 2.13. The molecule has 1 aliphatic rings. The molecule has 0 saturated heterocycles. The Bertz CT molecular complexity index is 1080. The monoisotopic (exact) mass is 396 g/mol. The summed E-state index contributed by atoms with van der Waals surface area (Å²) in [6.45, 7) is 3.93. The number of nitrogens with zero attached hydrogens (tertiary/aromatic N) is 1. The highest BCUT2D eigenvalue weighted by molar-refractivity contribution is 7.16. The van der Waals surface area contributed by atoms with Crippen LogP contribution in [0.15, 0.2) is 41.2 Å². The van der Waals surface area contributed by atoms with Crippen molar-refractivity contribution in [1.82, 2.24) is 4.57 Å². The molecule has 0 unspecified atom stereocenters. The average Bonchev–Trinajstić information content (AvgIpc) is 3.01. The van der Waals surface area contributed by atoms with E-state index in [2.05, 4.69) is 17.4 Å². The van der Waals surface area contributed by atoms with E-state index in [0.717, 1.165) is 28.8 Å². The van der Waals surface area contributed by atoms with Gasteiger partial charge in [-0.3, -0.25) is 14.2 Å². The normalized spacial score (nSPS) is 13.5. The maximum absolute atomic E-state index is 12.3. The van der Waals surface area contributed by atoms with Crippen molar-refractivity contribution in [3.63, 3.8) is 0 Å². The summed E-state index contributed by atoms with van der Waals surface area (Å²) in [6.07, 6.45) is 4.67. The van der Waals surface area contributed by atoms with Gasteiger partial charge in [0.25, 0.3) is 5.91 Å². The molecule has 1 aromatic heterocycles. The maximum Gasteiger partial charge on any atom is 0.308 e. The minimum atomic E-state index is -0.215. The quantitative estimate of drug-likeness (QED) is 0.689. The molecule has 3 aromatic rings. The number of carbonyl (C=O) groups is 1. The number of thiazole rings is 1. The van der Waals surface area contributed by atoms with Crippen LogP contribution in [0, 0.1) is 0 Å². The zero-order chi connectivity index (χ0) is 19.7. The molecule has 6 heteroatoms. The molecule has 5 nitrogen and oxygen atoms in total. The van der Waals surface area contributed by atoms with Crippen molar-refractivity contribution >= 4 is 33.1 Å². The lowest BCUT2D eigenvalue weighted by Crippen LogP contribution is -2.20. The van der Waals surface area contributed by atoms with E-state index in [0.29, 0.717) is 5.69 Å². The second-order valence-electron chi connectivity index (χ2n) is 7.49. The van der Waals surface area contributed by atoms with Crippen LogP contribution in [0.4, 0.5) is 5.69 Å². The number of anilines is 1. The summed E-state index contributed by atoms with van der Waals surface area (Å²) in [5.74, 6) is 0.520. The summed E-state index contributed by atoms with van der Waals surface area (Å²) in [5, 5.41) is 2.86. The van der Waals surface area contributed by atoms with Crippen molar-refractivity contribution in [3.05, 3.63) is 57.2 Å². The molecule has 1 aliphatic carbocycles.